The predicted molar refractivity (Wildman–Crippen MR) is 106 cm³/mol. The van der Waals surface area contributed by atoms with Gasteiger partial charge in [-0.15, -0.1) is 5.10 Å². The van der Waals surface area contributed by atoms with Gasteiger partial charge in [0.2, 0.25) is 5.91 Å². The number of ether oxygens (including phenoxy) is 2. The molecule has 0 fully saturated rings. The molecule has 3 aromatic rings. The van der Waals surface area contributed by atoms with Crippen molar-refractivity contribution in [3.05, 3.63) is 58.1 Å². The second-order valence-corrected chi connectivity index (χ2v) is 6.84. The highest BCUT2D eigenvalue weighted by molar-refractivity contribution is 5.93. The summed E-state index contributed by atoms with van der Waals surface area (Å²) in [5.74, 6) is 1.30. The SMILES string of the molecule is Cc1cc(C)n(-c2ccc(=O)n([C@@H](C)C(=O)Nc3ccc4c(c3)OCCO4)n2)n1. The van der Waals surface area contributed by atoms with E-state index in [1.54, 1.807) is 35.9 Å². The number of fused-ring (bicyclic) bond motifs is 1. The molecule has 0 saturated heterocycles. The molecule has 9 nitrogen and oxygen atoms in total. The predicted octanol–water partition coefficient (Wildman–Crippen LogP) is 2.02. The third kappa shape index (κ3) is 3.71. The lowest BCUT2D eigenvalue weighted by Crippen LogP contribution is -2.33. The molecule has 1 atom stereocenters. The minimum Gasteiger partial charge on any atom is -0.486 e. The van der Waals surface area contributed by atoms with Crippen molar-refractivity contribution in [2.24, 2.45) is 0 Å². The number of nitrogens with zero attached hydrogens (tertiary/aromatic N) is 4. The Balaban J connectivity index is 1.58. The van der Waals surface area contributed by atoms with Gasteiger partial charge in [-0.1, -0.05) is 0 Å². The first-order valence-electron chi connectivity index (χ1n) is 9.26. The summed E-state index contributed by atoms with van der Waals surface area (Å²) in [6, 6.07) is 9.21. The summed E-state index contributed by atoms with van der Waals surface area (Å²) in [6.45, 7) is 6.35. The molecule has 2 aromatic heterocycles. The second kappa shape index (κ2) is 7.42. The molecule has 3 heterocycles. The maximum Gasteiger partial charge on any atom is 0.267 e. The molecule has 9 heteroatoms. The fourth-order valence-corrected chi connectivity index (χ4v) is 3.15. The van der Waals surface area contributed by atoms with Crippen molar-refractivity contribution in [3.63, 3.8) is 0 Å². The van der Waals surface area contributed by atoms with Gasteiger partial charge in [-0.3, -0.25) is 9.59 Å². The molecule has 1 aliphatic rings. The summed E-state index contributed by atoms with van der Waals surface area (Å²) in [6.07, 6.45) is 0. The zero-order chi connectivity index (χ0) is 20.5. The fraction of sp³-hybridized carbons (Fsp3) is 0.300. The molecule has 150 valence electrons. The van der Waals surface area contributed by atoms with Gasteiger partial charge in [-0.25, -0.2) is 9.36 Å². The van der Waals surface area contributed by atoms with Gasteiger partial charge in [-0.2, -0.15) is 5.10 Å². The first kappa shape index (κ1) is 18.7. The summed E-state index contributed by atoms with van der Waals surface area (Å²) >= 11 is 0. The quantitative estimate of drug-likeness (QED) is 0.725. The first-order chi connectivity index (χ1) is 13.9. The molecule has 1 N–H and O–H groups in total. The van der Waals surface area contributed by atoms with Crippen LogP contribution in [0.15, 0.2) is 41.2 Å². The number of amides is 1. The molecule has 29 heavy (non-hydrogen) atoms. The zero-order valence-corrected chi connectivity index (χ0v) is 16.4. The van der Waals surface area contributed by atoms with E-state index in [4.69, 9.17) is 9.47 Å². The van der Waals surface area contributed by atoms with Gasteiger partial charge in [0.05, 0.1) is 5.69 Å². The van der Waals surface area contributed by atoms with Gasteiger partial charge in [0, 0.05) is 23.5 Å². The Labute approximate surface area is 166 Å². The Morgan fingerprint density at radius 3 is 2.55 bits per heavy atom. The van der Waals surface area contributed by atoms with Crippen molar-refractivity contribution in [1.82, 2.24) is 19.6 Å². The number of nitrogens with one attached hydrogen (secondary N) is 1. The lowest BCUT2D eigenvalue weighted by Gasteiger charge is -2.20. The van der Waals surface area contributed by atoms with Crippen molar-refractivity contribution in [2.75, 3.05) is 18.5 Å². The topological polar surface area (TPSA) is 100 Å². The van der Waals surface area contributed by atoms with Crippen LogP contribution < -0.4 is 20.3 Å². The molecule has 4 rings (SSSR count). The van der Waals surface area contributed by atoms with Crippen LogP contribution in [0.2, 0.25) is 0 Å². The van der Waals surface area contributed by atoms with Crippen LogP contribution in [0.4, 0.5) is 5.69 Å². The van der Waals surface area contributed by atoms with Crippen molar-refractivity contribution in [3.8, 4) is 17.3 Å². The lowest BCUT2D eigenvalue weighted by atomic mass is 10.2. The van der Waals surface area contributed by atoms with Crippen LogP contribution in [0, 0.1) is 13.8 Å². The average molecular weight is 395 g/mol. The van der Waals surface area contributed by atoms with Gasteiger partial charge in [-0.05, 0) is 45.0 Å². The Kier molecular flexibility index (Phi) is 4.79. The normalized spacial score (nSPS) is 13.8. The molecule has 0 aliphatic carbocycles. The molecule has 0 saturated carbocycles. The van der Waals surface area contributed by atoms with Gasteiger partial charge < -0.3 is 14.8 Å². The van der Waals surface area contributed by atoms with E-state index in [1.807, 2.05) is 19.9 Å². The number of aromatic nitrogens is 4. The van der Waals surface area contributed by atoms with Crippen LogP contribution >= 0.6 is 0 Å². The average Bonchev–Trinajstić information content (AvgIpc) is 3.05. The van der Waals surface area contributed by atoms with Crippen LogP contribution in [0.5, 0.6) is 11.5 Å². The van der Waals surface area contributed by atoms with E-state index in [-0.39, 0.29) is 11.5 Å². The van der Waals surface area contributed by atoms with Crippen molar-refractivity contribution >= 4 is 11.6 Å². The van der Waals surface area contributed by atoms with E-state index in [0.717, 1.165) is 16.1 Å². The smallest absolute Gasteiger partial charge is 0.267 e. The van der Waals surface area contributed by atoms with E-state index >= 15 is 0 Å². The number of rotatable bonds is 4. The van der Waals surface area contributed by atoms with Crippen LogP contribution in [0.25, 0.3) is 5.82 Å². The summed E-state index contributed by atoms with van der Waals surface area (Å²) < 4.78 is 13.8. The number of anilines is 1. The fourth-order valence-electron chi connectivity index (χ4n) is 3.15. The largest absolute Gasteiger partial charge is 0.486 e. The highest BCUT2D eigenvalue weighted by Crippen LogP contribution is 2.32. The van der Waals surface area contributed by atoms with E-state index in [0.29, 0.717) is 36.2 Å². The van der Waals surface area contributed by atoms with E-state index < -0.39 is 6.04 Å². The Hall–Kier alpha value is -3.62. The van der Waals surface area contributed by atoms with Crippen molar-refractivity contribution in [2.45, 2.75) is 26.8 Å². The van der Waals surface area contributed by atoms with Gasteiger partial charge in [0.25, 0.3) is 5.56 Å². The Morgan fingerprint density at radius 1 is 1.07 bits per heavy atom. The number of carbonyl (C=O) groups is 1. The number of carbonyl (C=O) groups excluding carboxylic acids is 1. The van der Waals surface area contributed by atoms with E-state index in [9.17, 15) is 9.59 Å². The molecular weight excluding hydrogens is 374 g/mol. The summed E-state index contributed by atoms with van der Waals surface area (Å²) in [7, 11) is 0. The van der Waals surface area contributed by atoms with Crippen LogP contribution in [0.3, 0.4) is 0 Å². The van der Waals surface area contributed by atoms with Crippen LogP contribution in [-0.2, 0) is 4.79 Å². The second-order valence-electron chi connectivity index (χ2n) is 6.84. The molecule has 0 spiro atoms. The third-order valence-electron chi connectivity index (χ3n) is 4.59. The summed E-state index contributed by atoms with van der Waals surface area (Å²) in [5.41, 5.74) is 1.90. The van der Waals surface area contributed by atoms with Crippen LogP contribution in [-0.4, -0.2) is 38.7 Å². The molecule has 0 radical (unpaired) electrons. The lowest BCUT2D eigenvalue weighted by molar-refractivity contribution is -0.119. The number of hydrogen-bond acceptors (Lipinski definition) is 6. The van der Waals surface area contributed by atoms with Crippen LogP contribution in [0.1, 0.15) is 24.4 Å². The van der Waals surface area contributed by atoms with E-state index in [1.165, 1.54) is 6.07 Å². The molecule has 0 bridgehead atoms. The first-order valence-corrected chi connectivity index (χ1v) is 9.26. The molecular formula is C20H21N5O4. The molecule has 0 unspecified atom stereocenters. The molecule has 1 amide bonds. The van der Waals surface area contributed by atoms with Gasteiger partial charge >= 0.3 is 0 Å². The maximum absolute atomic E-state index is 12.7. The summed E-state index contributed by atoms with van der Waals surface area (Å²) in [5, 5.41) is 11.5. The summed E-state index contributed by atoms with van der Waals surface area (Å²) in [4.78, 5) is 25.1. The number of benzene rings is 1. The Bertz CT molecular complexity index is 1130. The van der Waals surface area contributed by atoms with E-state index in [2.05, 4.69) is 15.5 Å². The highest BCUT2D eigenvalue weighted by atomic mass is 16.6. The Morgan fingerprint density at radius 2 is 1.83 bits per heavy atom. The van der Waals surface area contributed by atoms with Gasteiger partial charge in [0.15, 0.2) is 17.3 Å². The third-order valence-corrected chi connectivity index (χ3v) is 4.59. The zero-order valence-electron chi connectivity index (χ0n) is 16.4. The molecule has 1 aromatic carbocycles. The standard InChI is InChI=1S/C20H21N5O4/c1-12-10-13(2)24(22-12)18-6-7-19(26)25(23-18)14(3)20(27)21-15-4-5-16-17(11-15)29-9-8-28-16/h4-7,10-11,14H,8-9H2,1-3H3,(H,21,27)/t14-/m0/s1. The minimum absolute atomic E-state index is 0.373. The monoisotopic (exact) mass is 395 g/mol. The molecule has 1 aliphatic heterocycles. The number of aryl methyl sites for hydroxylation is 2. The maximum atomic E-state index is 12.7. The minimum atomic E-state index is -0.826. The van der Waals surface area contributed by atoms with Crippen molar-refractivity contribution in [1.29, 1.82) is 0 Å². The van der Waals surface area contributed by atoms with Gasteiger partial charge in [0.1, 0.15) is 19.3 Å². The van der Waals surface area contributed by atoms with Crippen molar-refractivity contribution < 1.29 is 14.3 Å². The highest BCUT2D eigenvalue weighted by Gasteiger charge is 2.20. The number of hydrogen-bond donors (Lipinski definition) is 1.